The van der Waals surface area contributed by atoms with Crippen LogP contribution in [0.5, 0.6) is 0 Å². The fourth-order valence-electron chi connectivity index (χ4n) is 2.63. The van der Waals surface area contributed by atoms with Crippen LogP contribution in [0.3, 0.4) is 0 Å². The van der Waals surface area contributed by atoms with Crippen LogP contribution in [0.25, 0.3) is 0 Å². The first-order valence-electron chi connectivity index (χ1n) is 6.47. The smallest absolute Gasteiger partial charge is 0.0145 e. The van der Waals surface area contributed by atoms with Crippen molar-refractivity contribution in [1.29, 1.82) is 0 Å². The van der Waals surface area contributed by atoms with Crippen LogP contribution in [0.4, 0.5) is 0 Å². The summed E-state index contributed by atoms with van der Waals surface area (Å²) in [6.45, 7) is 13.2. The van der Waals surface area contributed by atoms with Gasteiger partial charge in [-0.05, 0) is 58.3 Å². The van der Waals surface area contributed by atoms with E-state index in [-0.39, 0.29) is 0 Å². The molecule has 0 aromatic rings. The summed E-state index contributed by atoms with van der Waals surface area (Å²) in [6, 6.07) is 0. The fraction of sp³-hybridized carbons (Fsp3) is 0.625. The Morgan fingerprint density at radius 1 is 1.25 bits per heavy atom. The Bertz CT molecular complexity index is 304. The second-order valence-corrected chi connectivity index (χ2v) is 5.51. The van der Waals surface area contributed by atoms with Crippen molar-refractivity contribution >= 4 is 0 Å². The molecule has 0 radical (unpaired) electrons. The zero-order chi connectivity index (χ0) is 12.1. The highest BCUT2D eigenvalue weighted by atomic mass is 14.2. The molecular weight excluding hydrogens is 192 g/mol. The second kappa shape index (κ2) is 6.08. The minimum Gasteiger partial charge on any atom is -0.0998 e. The highest BCUT2D eigenvalue weighted by Gasteiger charge is 2.17. The van der Waals surface area contributed by atoms with E-state index in [0.29, 0.717) is 5.92 Å². The van der Waals surface area contributed by atoms with Crippen molar-refractivity contribution in [3.05, 3.63) is 35.5 Å². The monoisotopic (exact) mass is 218 g/mol. The van der Waals surface area contributed by atoms with Crippen LogP contribution < -0.4 is 0 Å². The maximum atomic E-state index is 4.16. The first kappa shape index (κ1) is 13.3. The van der Waals surface area contributed by atoms with Crippen molar-refractivity contribution in [2.75, 3.05) is 0 Å². The molecule has 0 heteroatoms. The lowest BCUT2D eigenvalue weighted by atomic mass is 9.81. The molecule has 0 amide bonds. The van der Waals surface area contributed by atoms with E-state index in [0.717, 1.165) is 5.92 Å². The Balaban J connectivity index is 2.84. The SMILES string of the molecule is C=C(C)[C@@H]1C/C=C(\C)CC/C=C(/C)CC1C. The van der Waals surface area contributed by atoms with Gasteiger partial charge in [0.25, 0.3) is 0 Å². The molecule has 1 aliphatic carbocycles. The van der Waals surface area contributed by atoms with E-state index < -0.39 is 0 Å². The van der Waals surface area contributed by atoms with E-state index in [1.54, 1.807) is 5.57 Å². The number of allylic oxidation sites excluding steroid dienone is 5. The molecule has 0 N–H and O–H groups in total. The molecule has 0 heterocycles. The van der Waals surface area contributed by atoms with Gasteiger partial charge in [-0.15, -0.1) is 0 Å². The molecule has 1 aliphatic rings. The summed E-state index contributed by atoms with van der Waals surface area (Å²) in [5, 5.41) is 0. The largest absolute Gasteiger partial charge is 0.0998 e. The van der Waals surface area contributed by atoms with Gasteiger partial charge in [0, 0.05) is 0 Å². The molecule has 0 bridgehead atoms. The van der Waals surface area contributed by atoms with E-state index in [2.05, 4.69) is 46.4 Å². The van der Waals surface area contributed by atoms with Crippen LogP contribution in [-0.2, 0) is 0 Å². The maximum absolute atomic E-state index is 4.16. The van der Waals surface area contributed by atoms with Gasteiger partial charge in [0.1, 0.15) is 0 Å². The van der Waals surface area contributed by atoms with Gasteiger partial charge in [0.15, 0.2) is 0 Å². The average molecular weight is 218 g/mol. The van der Waals surface area contributed by atoms with Gasteiger partial charge in [-0.2, -0.15) is 0 Å². The third-order valence-corrected chi connectivity index (χ3v) is 3.72. The molecule has 0 spiro atoms. The van der Waals surface area contributed by atoms with Gasteiger partial charge in [0.2, 0.25) is 0 Å². The van der Waals surface area contributed by atoms with Crippen molar-refractivity contribution in [1.82, 2.24) is 0 Å². The van der Waals surface area contributed by atoms with Crippen LogP contribution in [0, 0.1) is 11.8 Å². The van der Waals surface area contributed by atoms with Crippen LogP contribution in [0.2, 0.25) is 0 Å². The van der Waals surface area contributed by atoms with Gasteiger partial charge in [-0.25, -0.2) is 0 Å². The van der Waals surface area contributed by atoms with E-state index in [9.17, 15) is 0 Å². The van der Waals surface area contributed by atoms with Crippen molar-refractivity contribution in [3.8, 4) is 0 Å². The minimum atomic E-state index is 0.649. The van der Waals surface area contributed by atoms with Gasteiger partial charge in [0.05, 0.1) is 0 Å². The second-order valence-electron chi connectivity index (χ2n) is 5.51. The summed E-state index contributed by atoms with van der Waals surface area (Å²) in [4.78, 5) is 0. The molecule has 1 unspecified atom stereocenters. The van der Waals surface area contributed by atoms with E-state index >= 15 is 0 Å². The van der Waals surface area contributed by atoms with Crippen LogP contribution >= 0.6 is 0 Å². The molecule has 2 atom stereocenters. The molecule has 0 fully saturated rings. The Morgan fingerprint density at radius 2 is 1.94 bits per heavy atom. The van der Waals surface area contributed by atoms with E-state index in [1.165, 1.54) is 36.8 Å². The number of hydrogen-bond acceptors (Lipinski definition) is 0. The standard InChI is InChI=1S/C16H26/c1-12(2)16-10-9-13(3)7-6-8-14(4)11-15(16)5/h8-9,15-16H,1,6-7,10-11H2,2-5H3/b13-9+,14-8-/t15?,16-/m0/s1. The van der Waals surface area contributed by atoms with Gasteiger partial charge in [-0.3, -0.25) is 0 Å². The molecule has 0 aliphatic heterocycles. The predicted octanol–water partition coefficient (Wildman–Crippen LogP) is 5.28. The topological polar surface area (TPSA) is 0 Å². The predicted molar refractivity (Wildman–Crippen MR) is 73.5 cm³/mol. The molecular formula is C16H26. The summed E-state index contributed by atoms with van der Waals surface area (Å²) in [5.74, 6) is 1.37. The van der Waals surface area contributed by atoms with Crippen molar-refractivity contribution in [2.45, 2.75) is 53.4 Å². The third kappa shape index (κ3) is 4.00. The molecule has 0 saturated heterocycles. The van der Waals surface area contributed by atoms with Crippen LogP contribution in [0.1, 0.15) is 53.4 Å². The maximum Gasteiger partial charge on any atom is -0.0145 e. The highest BCUT2D eigenvalue weighted by molar-refractivity contribution is 5.11. The lowest BCUT2D eigenvalue weighted by Crippen LogP contribution is -2.13. The Morgan fingerprint density at radius 3 is 2.56 bits per heavy atom. The Kier molecular flexibility index (Phi) is 5.05. The summed E-state index contributed by atoms with van der Waals surface area (Å²) < 4.78 is 0. The number of rotatable bonds is 1. The Hall–Kier alpha value is -0.780. The first-order chi connectivity index (χ1) is 7.50. The van der Waals surface area contributed by atoms with Crippen LogP contribution in [-0.4, -0.2) is 0 Å². The molecule has 0 nitrogen and oxygen atoms in total. The van der Waals surface area contributed by atoms with E-state index in [4.69, 9.17) is 0 Å². The number of hydrogen-bond donors (Lipinski definition) is 0. The highest BCUT2D eigenvalue weighted by Crippen LogP contribution is 2.30. The quantitative estimate of drug-likeness (QED) is 0.525. The molecule has 0 aromatic heterocycles. The third-order valence-electron chi connectivity index (χ3n) is 3.72. The minimum absolute atomic E-state index is 0.649. The molecule has 16 heavy (non-hydrogen) atoms. The molecule has 0 aromatic carbocycles. The summed E-state index contributed by atoms with van der Waals surface area (Å²) in [7, 11) is 0. The summed E-state index contributed by atoms with van der Waals surface area (Å²) >= 11 is 0. The fourth-order valence-corrected chi connectivity index (χ4v) is 2.63. The van der Waals surface area contributed by atoms with Gasteiger partial charge >= 0.3 is 0 Å². The zero-order valence-corrected chi connectivity index (χ0v) is 11.3. The van der Waals surface area contributed by atoms with Crippen LogP contribution in [0.15, 0.2) is 35.5 Å². The van der Waals surface area contributed by atoms with E-state index in [1.807, 2.05) is 0 Å². The zero-order valence-electron chi connectivity index (χ0n) is 11.3. The average Bonchev–Trinajstić information content (AvgIpc) is 2.16. The summed E-state index contributed by atoms with van der Waals surface area (Å²) in [6.07, 6.45) is 9.66. The lowest BCUT2D eigenvalue weighted by molar-refractivity contribution is 0.408. The summed E-state index contributed by atoms with van der Waals surface area (Å²) in [5.41, 5.74) is 4.42. The Labute approximate surface area is 101 Å². The van der Waals surface area contributed by atoms with Crippen molar-refractivity contribution in [2.24, 2.45) is 11.8 Å². The van der Waals surface area contributed by atoms with Gasteiger partial charge < -0.3 is 0 Å². The normalized spacial score (nSPS) is 34.5. The molecule has 0 saturated carbocycles. The lowest BCUT2D eigenvalue weighted by Gasteiger charge is -2.24. The van der Waals surface area contributed by atoms with Crippen molar-refractivity contribution in [3.63, 3.8) is 0 Å². The first-order valence-corrected chi connectivity index (χ1v) is 6.47. The molecule has 90 valence electrons. The van der Waals surface area contributed by atoms with Crippen molar-refractivity contribution < 1.29 is 0 Å². The van der Waals surface area contributed by atoms with Gasteiger partial charge in [-0.1, -0.05) is 42.4 Å². The molecule has 1 rings (SSSR count).